The molecule has 1 atom stereocenters. The molecule has 0 aromatic heterocycles. The summed E-state index contributed by atoms with van der Waals surface area (Å²) in [6, 6.07) is 0. The average Bonchev–Trinajstić information content (AvgIpc) is 1.99. The molecule has 0 aromatic carbocycles. The van der Waals surface area contributed by atoms with Crippen molar-refractivity contribution in [2.45, 2.75) is 27.7 Å². The maximum absolute atomic E-state index is 11.5. The Kier molecular flexibility index (Phi) is 5.96. The van der Waals surface area contributed by atoms with Crippen LogP contribution in [0.1, 0.15) is 27.7 Å². The lowest BCUT2D eigenvalue weighted by Gasteiger charge is -2.17. The van der Waals surface area contributed by atoms with Crippen LogP contribution in [0.3, 0.4) is 0 Å². The molecule has 0 aliphatic rings. The fourth-order valence-corrected chi connectivity index (χ4v) is 2.75. The maximum Gasteiger partial charge on any atom is 0.308 e. The van der Waals surface area contributed by atoms with Crippen LogP contribution in [-0.2, 0) is 14.8 Å². The van der Waals surface area contributed by atoms with Crippen molar-refractivity contribution in [2.24, 2.45) is 17.8 Å². The van der Waals surface area contributed by atoms with Crippen molar-refractivity contribution in [3.63, 3.8) is 0 Å². The van der Waals surface area contributed by atoms with Crippen LogP contribution in [0.15, 0.2) is 0 Å². The van der Waals surface area contributed by atoms with Crippen LogP contribution in [-0.4, -0.2) is 31.8 Å². The first-order chi connectivity index (χ1) is 7.15. The number of aliphatic carboxylic acids is 1. The summed E-state index contributed by atoms with van der Waals surface area (Å²) in [5.74, 6) is -1.69. The number of hydrogen-bond acceptors (Lipinski definition) is 3. The topological polar surface area (TPSA) is 83.5 Å². The van der Waals surface area contributed by atoms with E-state index in [0.717, 1.165) is 0 Å². The molecule has 0 saturated heterocycles. The van der Waals surface area contributed by atoms with Crippen molar-refractivity contribution in [2.75, 3.05) is 12.3 Å². The zero-order valence-corrected chi connectivity index (χ0v) is 11.0. The van der Waals surface area contributed by atoms with Crippen molar-refractivity contribution in [1.82, 2.24) is 4.72 Å². The zero-order valence-electron chi connectivity index (χ0n) is 10.2. The van der Waals surface area contributed by atoms with E-state index < -0.39 is 21.9 Å². The highest BCUT2D eigenvalue weighted by Crippen LogP contribution is 2.10. The minimum absolute atomic E-state index is 0.0252. The molecule has 6 heteroatoms. The minimum atomic E-state index is -3.36. The second kappa shape index (κ2) is 6.20. The lowest BCUT2D eigenvalue weighted by molar-refractivity contribution is -0.142. The Morgan fingerprint density at radius 1 is 1.25 bits per heavy atom. The molecular formula is C10H21NO4S. The molecule has 0 spiro atoms. The van der Waals surface area contributed by atoms with Crippen molar-refractivity contribution in [3.05, 3.63) is 0 Å². The Morgan fingerprint density at radius 3 is 2.06 bits per heavy atom. The van der Waals surface area contributed by atoms with Gasteiger partial charge < -0.3 is 5.11 Å². The minimum Gasteiger partial charge on any atom is -0.481 e. The maximum atomic E-state index is 11.5. The van der Waals surface area contributed by atoms with E-state index in [1.165, 1.54) is 0 Å². The van der Waals surface area contributed by atoms with Gasteiger partial charge in [0.15, 0.2) is 0 Å². The van der Waals surface area contributed by atoms with Crippen LogP contribution in [0.5, 0.6) is 0 Å². The predicted molar refractivity (Wildman–Crippen MR) is 62.6 cm³/mol. The standard InChI is InChI=1S/C10H21NO4S/c1-7(2)6-16(14,15)11-5-9(8(3)4)10(12)13/h7-9,11H,5-6H2,1-4H3,(H,12,13). The Labute approximate surface area is 97.3 Å². The second-order valence-electron chi connectivity index (χ2n) is 4.71. The Balaban J connectivity index is 4.37. The molecule has 0 radical (unpaired) electrons. The molecule has 0 rings (SSSR count). The smallest absolute Gasteiger partial charge is 0.308 e. The normalized spacial score (nSPS) is 14.4. The summed E-state index contributed by atoms with van der Waals surface area (Å²) < 4.78 is 25.3. The van der Waals surface area contributed by atoms with Gasteiger partial charge in [0.25, 0.3) is 0 Å². The SMILES string of the molecule is CC(C)CS(=O)(=O)NCC(C(=O)O)C(C)C. The van der Waals surface area contributed by atoms with Crippen molar-refractivity contribution >= 4 is 16.0 Å². The van der Waals surface area contributed by atoms with Gasteiger partial charge in [-0.1, -0.05) is 27.7 Å². The highest BCUT2D eigenvalue weighted by molar-refractivity contribution is 7.89. The van der Waals surface area contributed by atoms with Crippen LogP contribution in [0.4, 0.5) is 0 Å². The van der Waals surface area contributed by atoms with Gasteiger partial charge in [0.05, 0.1) is 11.7 Å². The number of carboxylic acid groups (broad SMARTS) is 1. The molecule has 0 bridgehead atoms. The molecule has 0 aliphatic carbocycles. The van der Waals surface area contributed by atoms with E-state index in [-0.39, 0.29) is 24.1 Å². The Morgan fingerprint density at radius 2 is 1.75 bits per heavy atom. The molecule has 96 valence electrons. The number of carboxylic acids is 1. The number of sulfonamides is 1. The van der Waals surface area contributed by atoms with E-state index >= 15 is 0 Å². The number of nitrogens with one attached hydrogen (secondary N) is 1. The summed E-state index contributed by atoms with van der Waals surface area (Å²) >= 11 is 0. The van der Waals surface area contributed by atoms with E-state index in [0.29, 0.717) is 0 Å². The van der Waals surface area contributed by atoms with Crippen molar-refractivity contribution < 1.29 is 18.3 Å². The molecule has 0 fully saturated rings. The van der Waals surface area contributed by atoms with Gasteiger partial charge in [-0.2, -0.15) is 0 Å². The molecule has 0 heterocycles. The monoisotopic (exact) mass is 251 g/mol. The first-order valence-corrected chi connectivity index (χ1v) is 7.01. The average molecular weight is 251 g/mol. The summed E-state index contributed by atoms with van der Waals surface area (Å²) in [4.78, 5) is 10.8. The van der Waals surface area contributed by atoms with E-state index in [4.69, 9.17) is 5.11 Å². The molecule has 0 aliphatic heterocycles. The predicted octanol–water partition coefficient (Wildman–Crippen LogP) is 0.919. The van der Waals surface area contributed by atoms with Gasteiger partial charge in [0.2, 0.25) is 10.0 Å². The van der Waals surface area contributed by atoms with Gasteiger partial charge >= 0.3 is 5.97 Å². The third-order valence-corrected chi connectivity index (χ3v) is 3.91. The van der Waals surface area contributed by atoms with Crippen LogP contribution in [0.25, 0.3) is 0 Å². The summed E-state index contributed by atoms with van der Waals surface area (Å²) in [5.41, 5.74) is 0. The summed E-state index contributed by atoms with van der Waals surface area (Å²) in [6.45, 7) is 7.08. The van der Waals surface area contributed by atoms with Crippen LogP contribution in [0, 0.1) is 17.8 Å². The van der Waals surface area contributed by atoms with Gasteiger partial charge in [-0.3, -0.25) is 4.79 Å². The molecule has 2 N–H and O–H groups in total. The van der Waals surface area contributed by atoms with E-state index in [2.05, 4.69) is 4.72 Å². The van der Waals surface area contributed by atoms with Gasteiger partial charge in [-0.25, -0.2) is 13.1 Å². The highest BCUT2D eigenvalue weighted by Gasteiger charge is 2.23. The van der Waals surface area contributed by atoms with Gasteiger partial charge in [0.1, 0.15) is 0 Å². The third kappa shape index (κ3) is 6.07. The van der Waals surface area contributed by atoms with Crippen molar-refractivity contribution in [3.8, 4) is 0 Å². The van der Waals surface area contributed by atoms with Gasteiger partial charge in [-0.15, -0.1) is 0 Å². The lowest BCUT2D eigenvalue weighted by atomic mass is 9.97. The fourth-order valence-electron chi connectivity index (χ4n) is 1.32. The van der Waals surface area contributed by atoms with Crippen LogP contribution >= 0.6 is 0 Å². The number of rotatable bonds is 7. The van der Waals surface area contributed by atoms with Gasteiger partial charge in [-0.05, 0) is 11.8 Å². The zero-order chi connectivity index (χ0) is 12.9. The first kappa shape index (κ1) is 15.4. The molecule has 0 saturated carbocycles. The summed E-state index contributed by atoms with van der Waals surface area (Å²) in [5, 5.41) is 8.89. The summed E-state index contributed by atoms with van der Waals surface area (Å²) in [7, 11) is -3.36. The molecule has 5 nitrogen and oxygen atoms in total. The van der Waals surface area contributed by atoms with Crippen LogP contribution < -0.4 is 4.72 Å². The second-order valence-corrected chi connectivity index (χ2v) is 6.56. The first-order valence-electron chi connectivity index (χ1n) is 5.36. The number of carbonyl (C=O) groups is 1. The van der Waals surface area contributed by atoms with Gasteiger partial charge in [0, 0.05) is 6.54 Å². The quantitative estimate of drug-likeness (QED) is 0.704. The Bertz CT molecular complexity index is 322. The third-order valence-electron chi connectivity index (χ3n) is 2.20. The van der Waals surface area contributed by atoms with E-state index in [1.54, 1.807) is 27.7 Å². The molecule has 1 unspecified atom stereocenters. The lowest BCUT2D eigenvalue weighted by Crippen LogP contribution is -2.37. The number of hydrogen-bond donors (Lipinski definition) is 2. The Hall–Kier alpha value is -0.620. The summed E-state index contributed by atoms with van der Waals surface area (Å²) in [6.07, 6.45) is 0. The molecule has 16 heavy (non-hydrogen) atoms. The highest BCUT2D eigenvalue weighted by atomic mass is 32.2. The largest absolute Gasteiger partial charge is 0.481 e. The molecule has 0 amide bonds. The van der Waals surface area contributed by atoms with E-state index in [9.17, 15) is 13.2 Å². The van der Waals surface area contributed by atoms with Crippen molar-refractivity contribution in [1.29, 1.82) is 0 Å². The molecular weight excluding hydrogens is 230 g/mol. The molecule has 0 aromatic rings. The van der Waals surface area contributed by atoms with E-state index in [1.807, 2.05) is 0 Å². The fraction of sp³-hybridized carbons (Fsp3) is 0.900. The van der Waals surface area contributed by atoms with Crippen LogP contribution in [0.2, 0.25) is 0 Å².